The molecule has 3 rings (SSSR count). The Balaban J connectivity index is 1.67. The van der Waals surface area contributed by atoms with Crippen molar-refractivity contribution in [1.82, 2.24) is 0 Å². The highest BCUT2D eigenvalue weighted by molar-refractivity contribution is 7.18. The Morgan fingerprint density at radius 3 is 2.44 bits per heavy atom. The van der Waals surface area contributed by atoms with Crippen molar-refractivity contribution in [2.45, 2.75) is 13.8 Å². The molecule has 138 valence electrons. The third-order valence-corrected chi connectivity index (χ3v) is 4.60. The predicted molar refractivity (Wildman–Crippen MR) is 101 cm³/mol. The number of rotatable bonds is 5. The number of anilines is 2. The second-order valence-corrected chi connectivity index (χ2v) is 6.70. The van der Waals surface area contributed by atoms with Crippen molar-refractivity contribution in [3.63, 3.8) is 0 Å². The van der Waals surface area contributed by atoms with Gasteiger partial charge in [-0.2, -0.15) is 0 Å². The van der Waals surface area contributed by atoms with Crippen LogP contribution in [0.1, 0.15) is 32.7 Å². The molecule has 2 aromatic heterocycles. The van der Waals surface area contributed by atoms with Crippen LogP contribution in [0.4, 0.5) is 10.7 Å². The standard InChI is InChI=1S/C19H16N2O5S/c1-11-10-16(21-18(23)15-4-3-9-25-15)27-17(11)19(24)26-14-7-5-13(6-8-14)20-12(2)22/h3-10H,1-2H3,(H,20,22)(H,21,23). The summed E-state index contributed by atoms with van der Waals surface area (Å²) in [6.45, 7) is 3.17. The average molecular weight is 384 g/mol. The fourth-order valence-electron chi connectivity index (χ4n) is 2.29. The first-order chi connectivity index (χ1) is 12.9. The number of carbonyl (C=O) groups is 3. The Morgan fingerprint density at radius 2 is 1.81 bits per heavy atom. The summed E-state index contributed by atoms with van der Waals surface area (Å²) in [5.74, 6) is -0.566. The van der Waals surface area contributed by atoms with Crippen LogP contribution in [0.5, 0.6) is 5.75 Å². The summed E-state index contributed by atoms with van der Waals surface area (Å²) in [5.41, 5.74) is 1.30. The van der Waals surface area contributed by atoms with Crippen molar-refractivity contribution in [2.75, 3.05) is 10.6 Å². The molecule has 0 spiro atoms. The van der Waals surface area contributed by atoms with Crippen LogP contribution in [0, 0.1) is 6.92 Å². The van der Waals surface area contributed by atoms with Crippen LogP contribution in [0.25, 0.3) is 0 Å². The topological polar surface area (TPSA) is 97.6 Å². The van der Waals surface area contributed by atoms with Gasteiger partial charge < -0.3 is 19.8 Å². The molecule has 2 amide bonds. The third-order valence-electron chi connectivity index (χ3n) is 3.47. The Morgan fingerprint density at radius 1 is 1.07 bits per heavy atom. The Kier molecular flexibility index (Phi) is 5.37. The molecule has 2 N–H and O–H groups in total. The van der Waals surface area contributed by atoms with E-state index in [1.54, 1.807) is 49.4 Å². The molecule has 0 fully saturated rings. The largest absolute Gasteiger partial charge is 0.459 e. The molecule has 0 saturated carbocycles. The summed E-state index contributed by atoms with van der Waals surface area (Å²) in [6.07, 6.45) is 1.41. The van der Waals surface area contributed by atoms with E-state index in [-0.39, 0.29) is 11.7 Å². The lowest BCUT2D eigenvalue weighted by molar-refractivity contribution is -0.114. The third kappa shape index (κ3) is 4.62. The molecular formula is C19H16N2O5S. The van der Waals surface area contributed by atoms with Crippen molar-refractivity contribution in [2.24, 2.45) is 0 Å². The van der Waals surface area contributed by atoms with Crippen LogP contribution in [0.2, 0.25) is 0 Å². The number of hydrogen-bond acceptors (Lipinski definition) is 6. The smallest absolute Gasteiger partial charge is 0.354 e. The van der Waals surface area contributed by atoms with Crippen LogP contribution in [-0.2, 0) is 4.79 Å². The maximum Gasteiger partial charge on any atom is 0.354 e. The number of benzene rings is 1. The van der Waals surface area contributed by atoms with Gasteiger partial charge in [-0.25, -0.2) is 4.79 Å². The zero-order valence-electron chi connectivity index (χ0n) is 14.6. The van der Waals surface area contributed by atoms with E-state index in [9.17, 15) is 14.4 Å². The molecule has 0 aliphatic carbocycles. The first kappa shape index (κ1) is 18.4. The highest BCUT2D eigenvalue weighted by Crippen LogP contribution is 2.28. The van der Waals surface area contributed by atoms with Gasteiger partial charge in [-0.05, 0) is 55.0 Å². The van der Waals surface area contributed by atoms with Gasteiger partial charge in [0.25, 0.3) is 5.91 Å². The fraction of sp³-hybridized carbons (Fsp3) is 0.105. The van der Waals surface area contributed by atoms with Crippen molar-refractivity contribution in [3.8, 4) is 5.75 Å². The number of furan rings is 1. The van der Waals surface area contributed by atoms with Crippen LogP contribution in [0.15, 0.2) is 53.1 Å². The molecule has 0 bridgehead atoms. The van der Waals surface area contributed by atoms with Gasteiger partial charge in [-0.3, -0.25) is 9.59 Å². The quantitative estimate of drug-likeness (QED) is 0.510. The summed E-state index contributed by atoms with van der Waals surface area (Å²) in [5, 5.41) is 5.84. The molecule has 2 heterocycles. The highest BCUT2D eigenvalue weighted by Gasteiger charge is 2.18. The number of aryl methyl sites for hydroxylation is 1. The van der Waals surface area contributed by atoms with Crippen LogP contribution < -0.4 is 15.4 Å². The minimum atomic E-state index is -0.525. The zero-order valence-corrected chi connectivity index (χ0v) is 15.4. The second kappa shape index (κ2) is 7.88. The second-order valence-electron chi connectivity index (χ2n) is 5.65. The molecule has 0 unspecified atom stereocenters. The van der Waals surface area contributed by atoms with Gasteiger partial charge in [0.05, 0.1) is 11.3 Å². The molecule has 27 heavy (non-hydrogen) atoms. The Bertz CT molecular complexity index is 974. The molecule has 8 heteroatoms. The SMILES string of the molecule is CC(=O)Nc1ccc(OC(=O)c2sc(NC(=O)c3ccco3)cc2C)cc1. The van der Waals surface area contributed by atoms with Gasteiger partial charge in [0, 0.05) is 12.6 Å². The van der Waals surface area contributed by atoms with Gasteiger partial charge in [-0.1, -0.05) is 0 Å². The summed E-state index contributed by atoms with van der Waals surface area (Å²) >= 11 is 1.12. The summed E-state index contributed by atoms with van der Waals surface area (Å²) < 4.78 is 10.4. The first-order valence-corrected chi connectivity index (χ1v) is 8.79. The molecular weight excluding hydrogens is 368 g/mol. The highest BCUT2D eigenvalue weighted by atomic mass is 32.1. The zero-order chi connectivity index (χ0) is 19.4. The van der Waals surface area contributed by atoms with Crippen LogP contribution in [0.3, 0.4) is 0 Å². The van der Waals surface area contributed by atoms with Gasteiger partial charge in [0.15, 0.2) is 5.76 Å². The van der Waals surface area contributed by atoms with Gasteiger partial charge in [0.2, 0.25) is 5.91 Å². The predicted octanol–water partition coefficient (Wildman–Crippen LogP) is 4.08. The van der Waals surface area contributed by atoms with E-state index in [0.717, 1.165) is 11.3 Å². The van der Waals surface area contributed by atoms with E-state index in [0.29, 0.717) is 26.9 Å². The summed E-state index contributed by atoms with van der Waals surface area (Å²) in [4.78, 5) is 35.8. The average Bonchev–Trinajstić information content (AvgIpc) is 3.26. The van der Waals surface area contributed by atoms with Crippen LogP contribution in [-0.4, -0.2) is 17.8 Å². The van der Waals surface area contributed by atoms with Crippen molar-refractivity contribution < 1.29 is 23.5 Å². The van der Waals surface area contributed by atoms with Gasteiger partial charge in [-0.15, -0.1) is 11.3 Å². The number of carbonyl (C=O) groups excluding carboxylic acids is 3. The molecule has 1 aromatic carbocycles. The van der Waals surface area contributed by atoms with Crippen molar-refractivity contribution >= 4 is 39.8 Å². The van der Waals surface area contributed by atoms with E-state index in [1.165, 1.54) is 13.2 Å². The minimum Gasteiger partial charge on any atom is -0.459 e. The number of hydrogen-bond donors (Lipinski definition) is 2. The number of ether oxygens (including phenoxy) is 1. The molecule has 7 nitrogen and oxygen atoms in total. The molecule has 0 radical (unpaired) electrons. The maximum absolute atomic E-state index is 12.4. The summed E-state index contributed by atoms with van der Waals surface area (Å²) in [6, 6.07) is 11.3. The molecule has 0 aliphatic heterocycles. The van der Waals surface area contributed by atoms with Crippen LogP contribution >= 0.6 is 11.3 Å². The lowest BCUT2D eigenvalue weighted by atomic mass is 10.3. The monoisotopic (exact) mass is 384 g/mol. The Hall–Kier alpha value is -3.39. The number of amides is 2. The molecule has 0 saturated heterocycles. The lowest BCUT2D eigenvalue weighted by Crippen LogP contribution is -2.09. The maximum atomic E-state index is 12.4. The fourth-order valence-corrected chi connectivity index (χ4v) is 3.23. The number of thiophene rings is 1. The van der Waals surface area contributed by atoms with Gasteiger partial charge in [0.1, 0.15) is 10.6 Å². The number of esters is 1. The van der Waals surface area contributed by atoms with E-state index in [4.69, 9.17) is 9.15 Å². The summed E-state index contributed by atoms with van der Waals surface area (Å²) in [7, 11) is 0. The number of nitrogens with one attached hydrogen (secondary N) is 2. The van der Waals surface area contributed by atoms with E-state index >= 15 is 0 Å². The Labute approximate surface area is 159 Å². The van der Waals surface area contributed by atoms with Crippen molar-refractivity contribution in [3.05, 3.63) is 64.9 Å². The normalized spacial score (nSPS) is 10.3. The van der Waals surface area contributed by atoms with Gasteiger partial charge >= 0.3 is 5.97 Å². The van der Waals surface area contributed by atoms with Crippen molar-refractivity contribution in [1.29, 1.82) is 0 Å². The molecule has 0 atom stereocenters. The molecule has 3 aromatic rings. The van der Waals surface area contributed by atoms with E-state index in [1.807, 2.05) is 0 Å². The first-order valence-electron chi connectivity index (χ1n) is 7.97. The lowest BCUT2D eigenvalue weighted by Gasteiger charge is -2.05. The van der Waals surface area contributed by atoms with E-state index < -0.39 is 11.9 Å². The molecule has 0 aliphatic rings. The minimum absolute atomic E-state index is 0.182. The van der Waals surface area contributed by atoms with E-state index in [2.05, 4.69) is 10.6 Å².